The lowest BCUT2D eigenvalue weighted by Crippen LogP contribution is -2.15. The molecule has 0 spiro atoms. The Morgan fingerprint density at radius 2 is 1.88 bits per heavy atom. The largest absolute Gasteiger partial charge is 0.508 e. The summed E-state index contributed by atoms with van der Waals surface area (Å²) in [5.41, 5.74) is 2.89. The van der Waals surface area contributed by atoms with Gasteiger partial charge in [-0.1, -0.05) is 30.3 Å². The Morgan fingerprint density at radius 3 is 2.62 bits per heavy atom. The molecule has 4 rings (SSSR count). The summed E-state index contributed by atoms with van der Waals surface area (Å²) in [6, 6.07) is 16.8. The van der Waals surface area contributed by atoms with E-state index in [-0.39, 0.29) is 16.9 Å². The zero-order valence-corrected chi connectivity index (χ0v) is 13.5. The van der Waals surface area contributed by atoms with Gasteiger partial charge in [-0.15, -0.1) is 11.8 Å². The predicted molar refractivity (Wildman–Crippen MR) is 94.6 cm³/mol. The van der Waals surface area contributed by atoms with Crippen LogP contribution in [-0.4, -0.2) is 26.5 Å². The minimum absolute atomic E-state index is 0.0167. The van der Waals surface area contributed by atoms with Crippen LogP contribution >= 0.6 is 11.8 Å². The van der Waals surface area contributed by atoms with Crippen molar-refractivity contribution in [2.24, 2.45) is 0 Å². The number of rotatable bonds is 2. The molecular formula is C18H15N3O2S. The van der Waals surface area contributed by atoms with E-state index in [1.165, 1.54) is 0 Å². The molecule has 0 bridgehead atoms. The van der Waals surface area contributed by atoms with Crippen molar-refractivity contribution in [3.63, 3.8) is 0 Å². The highest BCUT2D eigenvalue weighted by Crippen LogP contribution is 2.42. The summed E-state index contributed by atoms with van der Waals surface area (Å²) in [6.45, 7) is 0. The third-order valence-corrected chi connectivity index (χ3v) is 5.20. The van der Waals surface area contributed by atoms with E-state index >= 15 is 0 Å². The quantitative estimate of drug-likeness (QED) is 0.752. The number of amides is 1. The Kier molecular flexibility index (Phi) is 3.74. The van der Waals surface area contributed by atoms with Gasteiger partial charge in [-0.05, 0) is 29.8 Å². The number of aromatic nitrogens is 2. The highest BCUT2D eigenvalue weighted by molar-refractivity contribution is 8.00. The van der Waals surface area contributed by atoms with Crippen LogP contribution in [0.2, 0.25) is 0 Å². The molecule has 24 heavy (non-hydrogen) atoms. The van der Waals surface area contributed by atoms with E-state index in [4.69, 9.17) is 0 Å². The summed E-state index contributed by atoms with van der Waals surface area (Å²) in [6.07, 6.45) is 1.80. The predicted octanol–water partition coefficient (Wildman–Crippen LogP) is 3.35. The van der Waals surface area contributed by atoms with Crippen LogP contribution in [0.4, 0.5) is 5.82 Å². The van der Waals surface area contributed by atoms with Crippen molar-refractivity contribution in [2.75, 3.05) is 11.1 Å². The smallest absolute Gasteiger partial charge is 0.235 e. The van der Waals surface area contributed by atoms with Crippen molar-refractivity contribution >= 4 is 23.5 Å². The SMILES string of the molecule is O=C1CS[C@@H](c2ccc(O)cc2)c2cnn(-c3ccccc3)c2N1. The van der Waals surface area contributed by atoms with Gasteiger partial charge in [0.15, 0.2) is 0 Å². The molecular weight excluding hydrogens is 322 g/mol. The minimum Gasteiger partial charge on any atom is -0.508 e. The second-order valence-electron chi connectivity index (χ2n) is 5.53. The number of para-hydroxylation sites is 1. The van der Waals surface area contributed by atoms with Gasteiger partial charge in [0.1, 0.15) is 11.6 Å². The zero-order chi connectivity index (χ0) is 16.5. The molecule has 0 saturated carbocycles. The first-order valence-corrected chi connectivity index (χ1v) is 8.61. The molecule has 1 aliphatic heterocycles. The van der Waals surface area contributed by atoms with Crippen LogP contribution in [-0.2, 0) is 4.79 Å². The van der Waals surface area contributed by atoms with Crippen molar-refractivity contribution in [1.82, 2.24) is 9.78 Å². The first kappa shape index (κ1) is 14.8. The lowest BCUT2D eigenvalue weighted by atomic mass is 10.1. The lowest BCUT2D eigenvalue weighted by molar-refractivity contribution is -0.113. The molecule has 0 aliphatic carbocycles. The van der Waals surface area contributed by atoms with Crippen molar-refractivity contribution in [2.45, 2.75) is 5.25 Å². The zero-order valence-electron chi connectivity index (χ0n) is 12.7. The Balaban J connectivity index is 1.82. The average Bonchev–Trinajstić information content (AvgIpc) is 2.93. The molecule has 0 fully saturated rings. The third kappa shape index (κ3) is 2.65. The van der Waals surface area contributed by atoms with Gasteiger partial charge >= 0.3 is 0 Å². The number of carbonyl (C=O) groups is 1. The molecule has 1 aromatic heterocycles. The number of aromatic hydroxyl groups is 1. The van der Waals surface area contributed by atoms with E-state index in [2.05, 4.69) is 10.4 Å². The van der Waals surface area contributed by atoms with Gasteiger partial charge in [0, 0.05) is 5.56 Å². The molecule has 120 valence electrons. The Morgan fingerprint density at radius 1 is 1.12 bits per heavy atom. The van der Waals surface area contributed by atoms with Crippen LogP contribution in [0.1, 0.15) is 16.4 Å². The minimum atomic E-state index is -0.0415. The summed E-state index contributed by atoms with van der Waals surface area (Å²) >= 11 is 1.56. The number of hydrogen-bond acceptors (Lipinski definition) is 4. The molecule has 1 amide bonds. The molecule has 1 aliphatic rings. The number of hydrogen-bond donors (Lipinski definition) is 2. The fraction of sp³-hybridized carbons (Fsp3) is 0.111. The maximum atomic E-state index is 12.1. The van der Waals surface area contributed by atoms with E-state index in [9.17, 15) is 9.90 Å². The molecule has 1 atom stereocenters. The first-order chi connectivity index (χ1) is 11.7. The normalized spacial score (nSPS) is 17.0. The maximum Gasteiger partial charge on any atom is 0.235 e. The summed E-state index contributed by atoms with van der Waals surface area (Å²) in [5, 5.41) is 16.9. The number of nitrogens with zero attached hydrogens (tertiary/aromatic N) is 2. The van der Waals surface area contributed by atoms with Crippen LogP contribution < -0.4 is 5.32 Å². The van der Waals surface area contributed by atoms with E-state index in [1.807, 2.05) is 42.5 Å². The Bertz CT molecular complexity index is 875. The number of fused-ring (bicyclic) bond motifs is 1. The molecule has 3 aromatic rings. The molecule has 6 heteroatoms. The van der Waals surface area contributed by atoms with Gasteiger partial charge in [-0.25, -0.2) is 4.68 Å². The number of benzene rings is 2. The second-order valence-corrected chi connectivity index (χ2v) is 6.62. The number of anilines is 1. The fourth-order valence-electron chi connectivity index (χ4n) is 2.78. The average molecular weight is 337 g/mol. The highest BCUT2D eigenvalue weighted by atomic mass is 32.2. The van der Waals surface area contributed by atoms with Crippen LogP contribution in [0.25, 0.3) is 5.69 Å². The summed E-state index contributed by atoms with van der Waals surface area (Å²) in [7, 11) is 0. The standard InChI is InChI=1S/C18H15N3O2S/c22-14-8-6-12(7-9-14)17-15-10-19-21(13-4-2-1-3-5-13)18(15)20-16(23)11-24-17/h1-10,17,22H,11H2,(H,20,23)/t17-/m0/s1. The van der Waals surface area contributed by atoms with Crippen molar-refractivity contribution in [3.05, 3.63) is 71.9 Å². The monoisotopic (exact) mass is 337 g/mol. The maximum absolute atomic E-state index is 12.1. The van der Waals surface area contributed by atoms with Gasteiger partial charge < -0.3 is 10.4 Å². The molecule has 5 nitrogen and oxygen atoms in total. The van der Waals surface area contributed by atoms with Gasteiger partial charge in [0.05, 0.1) is 22.9 Å². The van der Waals surface area contributed by atoms with E-state index in [0.717, 1.165) is 16.8 Å². The summed E-state index contributed by atoms with van der Waals surface area (Å²) in [5.74, 6) is 1.26. The number of thioether (sulfide) groups is 1. The van der Waals surface area contributed by atoms with Gasteiger partial charge in [0.2, 0.25) is 5.91 Å². The van der Waals surface area contributed by atoms with Crippen molar-refractivity contribution < 1.29 is 9.90 Å². The van der Waals surface area contributed by atoms with E-state index in [1.54, 1.807) is 34.8 Å². The summed E-state index contributed by atoms with van der Waals surface area (Å²) < 4.78 is 1.76. The van der Waals surface area contributed by atoms with Crippen LogP contribution in [0, 0.1) is 0 Å². The summed E-state index contributed by atoms with van der Waals surface area (Å²) in [4.78, 5) is 12.1. The third-order valence-electron chi connectivity index (χ3n) is 3.92. The van der Waals surface area contributed by atoms with Crippen LogP contribution in [0.3, 0.4) is 0 Å². The molecule has 2 aromatic carbocycles. The number of carbonyl (C=O) groups excluding carboxylic acids is 1. The number of phenols is 1. The molecule has 2 N–H and O–H groups in total. The van der Waals surface area contributed by atoms with Gasteiger partial charge in [-0.2, -0.15) is 5.10 Å². The Hall–Kier alpha value is -2.73. The highest BCUT2D eigenvalue weighted by Gasteiger charge is 2.28. The fourth-order valence-corrected chi connectivity index (χ4v) is 3.88. The van der Waals surface area contributed by atoms with Crippen LogP contribution in [0.5, 0.6) is 5.75 Å². The van der Waals surface area contributed by atoms with Crippen LogP contribution in [0.15, 0.2) is 60.8 Å². The van der Waals surface area contributed by atoms with E-state index < -0.39 is 0 Å². The first-order valence-electron chi connectivity index (χ1n) is 7.56. The topological polar surface area (TPSA) is 67.1 Å². The van der Waals surface area contributed by atoms with Gasteiger partial charge in [-0.3, -0.25) is 4.79 Å². The van der Waals surface area contributed by atoms with Crippen molar-refractivity contribution in [3.8, 4) is 11.4 Å². The number of nitrogens with one attached hydrogen (secondary N) is 1. The Labute approximate surface area is 143 Å². The van der Waals surface area contributed by atoms with Crippen molar-refractivity contribution in [1.29, 1.82) is 0 Å². The second kappa shape index (κ2) is 6.05. The van der Waals surface area contributed by atoms with E-state index in [0.29, 0.717) is 11.6 Å². The molecule has 0 unspecified atom stereocenters. The molecule has 0 radical (unpaired) electrons. The molecule has 0 saturated heterocycles. The lowest BCUT2D eigenvalue weighted by Gasteiger charge is -2.14. The number of phenolic OH excluding ortho intramolecular Hbond substituents is 1. The molecule has 2 heterocycles. The van der Waals surface area contributed by atoms with Gasteiger partial charge in [0.25, 0.3) is 0 Å².